The fraction of sp³-hybridized carbons (Fsp3) is 0.875. The van der Waals surface area contributed by atoms with Crippen molar-refractivity contribution in [3.63, 3.8) is 0 Å². The van der Waals surface area contributed by atoms with Gasteiger partial charge >= 0.3 is 0 Å². The number of nitrogens with one attached hydrogen (secondary N) is 2. The summed E-state index contributed by atoms with van der Waals surface area (Å²) in [7, 11) is 0. The van der Waals surface area contributed by atoms with Crippen LogP contribution in [0.2, 0.25) is 0 Å². The van der Waals surface area contributed by atoms with E-state index in [1.54, 1.807) is 0 Å². The van der Waals surface area contributed by atoms with Crippen molar-refractivity contribution in [3.8, 4) is 0 Å². The fourth-order valence-electron chi connectivity index (χ4n) is 1.87. The summed E-state index contributed by atoms with van der Waals surface area (Å²) < 4.78 is 0. The first kappa shape index (κ1) is 8.62. The van der Waals surface area contributed by atoms with E-state index >= 15 is 0 Å². The normalized spacial score (nSPS) is 20.7. The third-order valence-corrected chi connectivity index (χ3v) is 2.59. The highest BCUT2D eigenvalue weighted by Crippen LogP contribution is 2.20. The summed E-state index contributed by atoms with van der Waals surface area (Å²) in [5.41, 5.74) is 0. The second-order valence-electron chi connectivity index (χ2n) is 3.64. The SMILES string of the molecule is CC(NC1CCCC1)c1nn[nH]n1. The fourth-order valence-corrected chi connectivity index (χ4v) is 1.87. The van der Waals surface area contributed by atoms with Crippen molar-refractivity contribution < 1.29 is 0 Å². The summed E-state index contributed by atoms with van der Waals surface area (Å²) >= 11 is 0. The molecule has 1 aliphatic carbocycles. The Morgan fingerprint density at radius 3 is 2.85 bits per heavy atom. The predicted octanol–water partition coefficient (Wildman–Crippen LogP) is 0.793. The number of nitrogens with zero attached hydrogens (tertiary/aromatic N) is 3. The van der Waals surface area contributed by atoms with Crippen LogP contribution >= 0.6 is 0 Å². The van der Waals surface area contributed by atoms with Crippen LogP contribution in [-0.2, 0) is 0 Å². The van der Waals surface area contributed by atoms with Gasteiger partial charge in [-0.05, 0) is 19.8 Å². The van der Waals surface area contributed by atoms with Gasteiger partial charge in [-0.3, -0.25) is 0 Å². The first-order valence-corrected chi connectivity index (χ1v) is 4.85. The number of hydrogen-bond donors (Lipinski definition) is 2. The van der Waals surface area contributed by atoms with Crippen molar-refractivity contribution in [2.75, 3.05) is 0 Å². The molecule has 72 valence electrons. The molecule has 1 atom stereocenters. The molecule has 2 rings (SSSR count). The van der Waals surface area contributed by atoms with Gasteiger partial charge in [0.05, 0.1) is 6.04 Å². The maximum absolute atomic E-state index is 3.95. The van der Waals surface area contributed by atoms with E-state index in [9.17, 15) is 0 Å². The molecule has 0 aromatic carbocycles. The Hall–Kier alpha value is -0.970. The van der Waals surface area contributed by atoms with Crippen molar-refractivity contribution >= 4 is 0 Å². The van der Waals surface area contributed by atoms with Crippen LogP contribution in [0.5, 0.6) is 0 Å². The topological polar surface area (TPSA) is 66.5 Å². The maximum atomic E-state index is 3.95. The zero-order valence-electron chi connectivity index (χ0n) is 7.82. The molecule has 5 nitrogen and oxygen atoms in total. The van der Waals surface area contributed by atoms with Crippen LogP contribution < -0.4 is 5.32 Å². The third-order valence-electron chi connectivity index (χ3n) is 2.59. The van der Waals surface area contributed by atoms with Crippen LogP contribution in [0.4, 0.5) is 0 Å². The molecule has 1 fully saturated rings. The predicted molar refractivity (Wildman–Crippen MR) is 48.0 cm³/mol. The smallest absolute Gasteiger partial charge is 0.191 e. The second-order valence-corrected chi connectivity index (χ2v) is 3.64. The Bertz CT molecular complexity index is 239. The molecule has 1 aromatic heterocycles. The minimum absolute atomic E-state index is 0.210. The molecule has 0 spiro atoms. The summed E-state index contributed by atoms with van der Waals surface area (Å²) in [5.74, 6) is 0.756. The largest absolute Gasteiger partial charge is 0.305 e. The monoisotopic (exact) mass is 181 g/mol. The van der Waals surface area contributed by atoms with E-state index in [2.05, 4.69) is 32.9 Å². The lowest BCUT2D eigenvalue weighted by atomic mass is 10.2. The highest BCUT2D eigenvalue weighted by atomic mass is 15.5. The first-order chi connectivity index (χ1) is 6.36. The molecule has 1 saturated carbocycles. The maximum Gasteiger partial charge on any atom is 0.191 e. The van der Waals surface area contributed by atoms with Crippen molar-refractivity contribution in [3.05, 3.63) is 5.82 Å². The van der Waals surface area contributed by atoms with Gasteiger partial charge in [-0.2, -0.15) is 5.21 Å². The number of H-pyrrole nitrogens is 1. The third kappa shape index (κ3) is 2.03. The number of aromatic amines is 1. The van der Waals surface area contributed by atoms with Gasteiger partial charge in [-0.25, -0.2) is 0 Å². The average molecular weight is 181 g/mol. The van der Waals surface area contributed by atoms with Crippen LogP contribution in [-0.4, -0.2) is 26.7 Å². The molecule has 0 bridgehead atoms. The number of rotatable bonds is 3. The van der Waals surface area contributed by atoms with Gasteiger partial charge in [-0.15, -0.1) is 10.2 Å². The van der Waals surface area contributed by atoms with Gasteiger partial charge < -0.3 is 5.32 Å². The molecule has 0 aliphatic heterocycles. The lowest BCUT2D eigenvalue weighted by Crippen LogP contribution is -2.29. The van der Waals surface area contributed by atoms with Gasteiger partial charge in [-0.1, -0.05) is 18.1 Å². The highest BCUT2D eigenvalue weighted by Gasteiger charge is 2.19. The Morgan fingerprint density at radius 1 is 1.46 bits per heavy atom. The number of tetrazole rings is 1. The standard InChI is InChI=1S/C8H15N5/c1-6(8-10-12-13-11-8)9-7-4-2-3-5-7/h6-7,9H,2-5H2,1H3,(H,10,11,12,13). The Balaban J connectivity index is 1.87. The zero-order valence-corrected chi connectivity index (χ0v) is 7.82. The molecule has 0 saturated heterocycles. The van der Waals surface area contributed by atoms with E-state index in [4.69, 9.17) is 0 Å². The van der Waals surface area contributed by atoms with Crippen LogP contribution in [0, 0.1) is 0 Å². The summed E-state index contributed by atoms with van der Waals surface area (Å²) in [6.07, 6.45) is 5.25. The summed E-state index contributed by atoms with van der Waals surface area (Å²) in [5, 5.41) is 17.4. The van der Waals surface area contributed by atoms with E-state index in [-0.39, 0.29) is 6.04 Å². The van der Waals surface area contributed by atoms with E-state index in [0.29, 0.717) is 6.04 Å². The second kappa shape index (κ2) is 3.83. The highest BCUT2D eigenvalue weighted by molar-refractivity contribution is 4.88. The van der Waals surface area contributed by atoms with Crippen molar-refractivity contribution in [1.82, 2.24) is 25.9 Å². The molecule has 1 aliphatic rings. The Morgan fingerprint density at radius 2 is 2.23 bits per heavy atom. The molecule has 13 heavy (non-hydrogen) atoms. The molecule has 1 unspecified atom stereocenters. The van der Waals surface area contributed by atoms with Crippen molar-refractivity contribution in [2.45, 2.75) is 44.7 Å². The van der Waals surface area contributed by atoms with Gasteiger partial charge in [0.25, 0.3) is 0 Å². The van der Waals surface area contributed by atoms with Gasteiger partial charge in [0, 0.05) is 6.04 Å². The van der Waals surface area contributed by atoms with E-state index in [0.717, 1.165) is 5.82 Å². The van der Waals surface area contributed by atoms with Gasteiger partial charge in [0.15, 0.2) is 5.82 Å². The summed E-state index contributed by atoms with van der Waals surface area (Å²) in [6.45, 7) is 2.07. The van der Waals surface area contributed by atoms with E-state index in [1.165, 1.54) is 25.7 Å². The Labute approximate surface area is 77.3 Å². The lowest BCUT2D eigenvalue weighted by molar-refractivity contribution is 0.447. The van der Waals surface area contributed by atoms with E-state index in [1.807, 2.05) is 0 Å². The molecule has 0 amide bonds. The minimum Gasteiger partial charge on any atom is -0.305 e. The summed E-state index contributed by atoms with van der Waals surface area (Å²) in [4.78, 5) is 0. The number of aromatic nitrogens is 4. The van der Waals surface area contributed by atoms with Gasteiger partial charge in [0.1, 0.15) is 0 Å². The quantitative estimate of drug-likeness (QED) is 0.723. The summed E-state index contributed by atoms with van der Waals surface area (Å²) in [6, 6.07) is 0.857. The molecule has 1 aromatic rings. The molecular formula is C8H15N5. The average Bonchev–Trinajstić information content (AvgIpc) is 2.74. The molecule has 1 heterocycles. The Kier molecular flexibility index (Phi) is 2.54. The zero-order chi connectivity index (χ0) is 9.10. The molecular weight excluding hydrogens is 166 g/mol. The van der Waals surface area contributed by atoms with E-state index < -0.39 is 0 Å². The number of hydrogen-bond acceptors (Lipinski definition) is 4. The van der Waals surface area contributed by atoms with Crippen LogP contribution in [0.15, 0.2) is 0 Å². The minimum atomic E-state index is 0.210. The molecule has 5 heteroatoms. The van der Waals surface area contributed by atoms with Gasteiger partial charge in [0.2, 0.25) is 0 Å². The van der Waals surface area contributed by atoms with Crippen molar-refractivity contribution in [1.29, 1.82) is 0 Å². The van der Waals surface area contributed by atoms with Crippen LogP contribution in [0.25, 0.3) is 0 Å². The molecule has 2 N–H and O–H groups in total. The van der Waals surface area contributed by atoms with Crippen molar-refractivity contribution in [2.24, 2.45) is 0 Å². The molecule has 0 radical (unpaired) electrons. The van der Waals surface area contributed by atoms with Crippen LogP contribution in [0.3, 0.4) is 0 Å². The lowest BCUT2D eigenvalue weighted by Gasteiger charge is -2.15. The first-order valence-electron chi connectivity index (χ1n) is 4.85. The van der Waals surface area contributed by atoms with Crippen LogP contribution in [0.1, 0.15) is 44.5 Å².